The number of nitrogen functional groups attached to an aromatic ring is 1. The summed E-state index contributed by atoms with van der Waals surface area (Å²) in [4.78, 5) is -0.293. The Balaban J connectivity index is 2.23. The summed E-state index contributed by atoms with van der Waals surface area (Å²) < 4.78 is 49.7. The Morgan fingerprint density at radius 1 is 1.43 bits per heavy atom. The molecule has 1 heterocycles. The van der Waals surface area contributed by atoms with Gasteiger partial charge < -0.3 is 15.0 Å². The number of ether oxygens (including phenoxy) is 1. The third-order valence-corrected chi connectivity index (χ3v) is 4.06. The van der Waals surface area contributed by atoms with Crippen molar-refractivity contribution in [3.05, 3.63) is 35.5 Å². The van der Waals surface area contributed by atoms with E-state index in [1.54, 1.807) is 13.0 Å². The summed E-state index contributed by atoms with van der Waals surface area (Å²) in [5.74, 6) is -0.486. The normalized spacial score (nSPS) is 11.6. The maximum Gasteiger partial charge on any atom is 0.241 e. The second kappa shape index (κ2) is 5.70. The predicted octanol–water partition coefficient (Wildman–Crippen LogP) is 1.19. The molecule has 0 amide bonds. The molecule has 114 valence electrons. The van der Waals surface area contributed by atoms with E-state index in [0.29, 0.717) is 11.5 Å². The minimum absolute atomic E-state index is 0.0762. The van der Waals surface area contributed by atoms with Crippen LogP contribution in [0.3, 0.4) is 0 Å². The molecule has 1 aromatic carbocycles. The molecule has 9 heteroatoms. The van der Waals surface area contributed by atoms with E-state index >= 15 is 0 Å². The largest absolute Gasteiger partial charge is 0.492 e. The number of benzene rings is 1. The van der Waals surface area contributed by atoms with Crippen molar-refractivity contribution >= 4 is 15.7 Å². The molecule has 0 atom stereocenters. The molecule has 0 saturated carbocycles. The molecule has 7 nitrogen and oxygen atoms in total. The minimum atomic E-state index is -3.93. The topological polar surface area (TPSA) is 107 Å². The predicted molar refractivity (Wildman–Crippen MR) is 72.6 cm³/mol. The van der Waals surface area contributed by atoms with Crippen molar-refractivity contribution < 1.29 is 22.1 Å². The van der Waals surface area contributed by atoms with E-state index in [1.165, 1.54) is 7.11 Å². The highest BCUT2D eigenvalue weighted by molar-refractivity contribution is 7.89. The highest BCUT2D eigenvalue weighted by Crippen LogP contribution is 2.28. The van der Waals surface area contributed by atoms with Crippen LogP contribution in [0.2, 0.25) is 0 Å². The third-order valence-electron chi connectivity index (χ3n) is 2.68. The van der Waals surface area contributed by atoms with E-state index in [2.05, 4.69) is 9.88 Å². The van der Waals surface area contributed by atoms with Gasteiger partial charge in [-0.25, -0.2) is 17.5 Å². The van der Waals surface area contributed by atoms with Crippen molar-refractivity contribution in [1.82, 2.24) is 9.88 Å². The summed E-state index contributed by atoms with van der Waals surface area (Å²) in [5, 5.41) is 3.65. The average molecular weight is 315 g/mol. The molecule has 0 aliphatic carbocycles. The first-order valence-electron chi connectivity index (χ1n) is 5.88. The molecule has 0 radical (unpaired) electrons. The standard InChI is InChI=1S/C12H14FN3O4S/c1-7-3-8(16-20-7)6-15-21(17,18)9-4-10(13)12(19-2)11(14)5-9/h3-5,15H,6,14H2,1-2H3. The zero-order chi connectivity index (χ0) is 15.6. The number of nitrogens with zero attached hydrogens (tertiary/aromatic N) is 1. The van der Waals surface area contributed by atoms with Gasteiger partial charge >= 0.3 is 0 Å². The van der Waals surface area contributed by atoms with Crippen molar-refractivity contribution in [2.75, 3.05) is 12.8 Å². The lowest BCUT2D eigenvalue weighted by Crippen LogP contribution is -2.23. The molecule has 2 rings (SSSR count). The number of methoxy groups -OCH3 is 1. The fourth-order valence-electron chi connectivity index (χ4n) is 1.71. The van der Waals surface area contributed by atoms with Crippen LogP contribution in [-0.4, -0.2) is 20.7 Å². The summed E-state index contributed by atoms with van der Waals surface area (Å²) in [6.07, 6.45) is 0. The van der Waals surface area contributed by atoms with Crippen molar-refractivity contribution in [2.24, 2.45) is 0 Å². The van der Waals surface area contributed by atoms with Crippen LogP contribution >= 0.6 is 0 Å². The van der Waals surface area contributed by atoms with Gasteiger partial charge in [0, 0.05) is 6.07 Å². The SMILES string of the molecule is COc1c(N)cc(S(=O)(=O)NCc2cc(C)on2)cc1F. The van der Waals surface area contributed by atoms with Crippen molar-refractivity contribution in [3.63, 3.8) is 0 Å². The molecule has 2 aromatic rings. The summed E-state index contributed by atoms with van der Waals surface area (Å²) in [6, 6.07) is 3.55. The van der Waals surface area contributed by atoms with Gasteiger partial charge in [-0.1, -0.05) is 5.16 Å². The van der Waals surface area contributed by atoms with Crippen LogP contribution in [0.1, 0.15) is 11.5 Å². The second-order valence-corrected chi connectivity index (χ2v) is 6.05. The first-order chi connectivity index (χ1) is 9.83. The van der Waals surface area contributed by atoms with Gasteiger partial charge in [-0.2, -0.15) is 0 Å². The van der Waals surface area contributed by atoms with Crippen LogP contribution < -0.4 is 15.2 Å². The second-order valence-electron chi connectivity index (χ2n) is 4.28. The van der Waals surface area contributed by atoms with Crippen LogP contribution in [-0.2, 0) is 16.6 Å². The smallest absolute Gasteiger partial charge is 0.241 e. The Morgan fingerprint density at radius 3 is 2.67 bits per heavy atom. The number of hydrogen-bond donors (Lipinski definition) is 2. The van der Waals surface area contributed by atoms with E-state index in [1.807, 2.05) is 0 Å². The van der Waals surface area contributed by atoms with Gasteiger partial charge in [0.25, 0.3) is 0 Å². The van der Waals surface area contributed by atoms with Crippen molar-refractivity contribution in [1.29, 1.82) is 0 Å². The molecule has 0 aliphatic rings. The maximum atomic E-state index is 13.7. The lowest BCUT2D eigenvalue weighted by Gasteiger charge is -2.10. The number of sulfonamides is 1. The Bertz CT molecular complexity index is 735. The van der Waals surface area contributed by atoms with Crippen LogP contribution in [0.4, 0.5) is 10.1 Å². The lowest BCUT2D eigenvalue weighted by atomic mass is 10.3. The van der Waals surface area contributed by atoms with Crippen LogP contribution in [0.25, 0.3) is 0 Å². The fourth-order valence-corrected chi connectivity index (χ4v) is 2.76. The molecule has 0 bridgehead atoms. The van der Waals surface area contributed by atoms with Crippen LogP contribution in [0.5, 0.6) is 5.75 Å². The Hall–Kier alpha value is -2.13. The van der Waals surface area contributed by atoms with Gasteiger partial charge in [-0.05, 0) is 19.1 Å². The number of nitrogens with two attached hydrogens (primary N) is 1. The number of hydrogen-bond acceptors (Lipinski definition) is 6. The Labute approximate surface area is 120 Å². The van der Waals surface area contributed by atoms with E-state index in [-0.39, 0.29) is 22.9 Å². The minimum Gasteiger partial charge on any atom is -0.492 e. The van der Waals surface area contributed by atoms with Gasteiger partial charge in [0.1, 0.15) is 5.76 Å². The van der Waals surface area contributed by atoms with Gasteiger partial charge in [-0.3, -0.25) is 0 Å². The number of anilines is 1. The summed E-state index contributed by atoms with van der Waals surface area (Å²) in [7, 11) is -2.68. The monoisotopic (exact) mass is 315 g/mol. The number of rotatable bonds is 5. The molecule has 0 saturated heterocycles. The highest BCUT2D eigenvalue weighted by Gasteiger charge is 2.19. The third kappa shape index (κ3) is 3.31. The molecule has 0 fully saturated rings. The zero-order valence-corrected chi connectivity index (χ0v) is 12.2. The van der Waals surface area contributed by atoms with Gasteiger partial charge in [0.15, 0.2) is 11.6 Å². The van der Waals surface area contributed by atoms with Crippen molar-refractivity contribution in [3.8, 4) is 5.75 Å². The molecule has 0 aliphatic heterocycles. The number of aryl methyl sites for hydroxylation is 1. The molecule has 0 spiro atoms. The molecule has 0 unspecified atom stereocenters. The van der Waals surface area contributed by atoms with E-state index in [9.17, 15) is 12.8 Å². The van der Waals surface area contributed by atoms with E-state index < -0.39 is 15.8 Å². The molecule has 1 aromatic heterocycles. The van der Waals surface area contributed by atoms with E-state index in [0.717, 1.165) is 12.1 Å². The molecule has 21 heavy (non-hydrogen) atoms. The summed E-state index contributed by atoms with van der Waals surface area (Å²) in [5.41, 5.74) is 5.87. The lowest BCUT2D eigenvalue weighted by molar-refractivity contribution is 0.388. The summed E-state index contributed by atoms with van der Waals surface area (Å²) in [6.45, 7) is 1.61. The molecule has 3 N–H and O–H groups in total. The maximum absolute atomic E-state index is 13.7. The number of halogens is 1. The fraction of sp³-hybridized carbons (Fsp3) is 0.250. The number of nitrogens with one attached hydrogen (secondary N) is 1. The van der Waals surface area contributed by atoms with E-state index in [4.69, 9.17) is 15.0 Å². The first-order valence-corrected chi connectivity index (χ1v) is 7.36. The molecular formula is C12H14FN3O4S. The Morgan fingerprint density at radius 2 is 2.14 bits per heavy atom. The average Bonchev–Trinajstić information content (AvgIpc) is 2.82. The van der Waals surface area contributed by atoms with Crippen molar-refractivity contribution in [2.45, 2.75) is 18.4 Å². The van der Waals surface area contributed by atoms with Gasteiger partial charge in [-0.15, -0.1) is 0 Å². The summed E-state index contributed by atoms with van der Waals surface area (Å²) >= 11 is 0. The highest BCUT2D eigenvalue weighted by atomic mass is 32.2. The first kappa shape index (κ1) is 15.3. The number of aromatic nitrogens is 1. The van der Waals surface area contributed by atoms with Gasteiger partial charge in [0.05, 0.1) is 29.9 Å². The van der Waals surface area contributed by atoms with Crippen LogP contribution in [0.15, 0.2) is 27.6 Å². The Kier molecular flexibility index (Phi) is 4.14. The quantitative estimate of drug-likeness (QED) is 0.803. The zero-order valence-electron chi connectivity index (χ0n) is 11.4. The van der Waals surface area contributed by atoms with Gasteiger partial charge in [0.2, 0.25) is 10.0 Å². The molecular weight excluding hydrogens is 301 g/mol. The van der Waals surface area contributed by atoms with Crippen LogP contribution in [0, 0.1) is 12.7 Å².